The molecule has 576 valence electrons. The van der Waals surface area contributed by atoms with Crippen molar-refractivity contribution in [2.45, 2.75) is 420 Å². The summed E-state index contributed by atoms with van der Waals surface area (Å²) in [5.74, 6) is 0.278. The number of unbranched alkanes of at least 4 members (excludes halogenated alkanes) is 43. The predicted molar refractivity (Wildman–Crippen MR) is 395 cm³/mol. The van der Waals surface area contributed by atoms with Gasteiger partial charge in [-0.05, 0) is 43.4 Å². The first kappa shape index (κ1) is 95.1. The van der Waals surface area contributed by atoms with E-state index in [1.165, 1.54) is 205 Å². The molecule has 0 aliphatic rings. The van der Waals surface area contributed by atoms with Gasteiger partial charge in [0.05, 0.1) is 26.4 Å². The lowest BCUT2D eigenvalue weighted by atomic mass is 9.99. The Labute approximate surface area is 594 Å². The van der Waals surface area contributed by atoms with Gasteiger partial charge in [-0.1, -0.05) is 350 Å². The van der Waals surface area contributed by atoms with Gasteiger partial charge in [-0.15, -0.1) is 0 Å². The molecular weight excluding hydrogens is 1270 g/mol. The number of aliphatic hydroxyl groups excluding tert-OH is 1. The highest BCUT2D eigenvalue weighted by molar-refractivity contribution is 7.47. The van der Waals surface area contributed by atoms with Gasteiger partial charge in [0.2, 0.25) is 0 Å². The van der Waals surface area contributed by atoms with Crippen molar-refractivity contribution < 1.29 is 80.2 Å². The van der Waals surface area contributed by atoms with E-state index in [9.17, 15) is 43.2 Å². The molecule has 0 spiro atoms. The SMILES string of the molecule is CCCCCCCCCCC(=O)OC[C@H](COP(=O)(O)OC[C@H](O)COP(=O)(O)OC[C@@H](COC(=O)CCCCCCCCCCCCCCCCC(C)CC)OC(=O)CCCCCCCCCCCCCCCCCCC(C)C)OC(=O)CCCCCCCCCCCC(C)C. The Morgan fingerprint density at radius 3 is 0.784 bits per heavy atom. The molecule has 0 heterocycles. The summed E-state index contributed by atoms with van der Waals surface area (Å²) < 4.78 is 68.5. The van der Waals surface area contributed by atoms with E-state index in [1.54, 1.807) is 0 Å². The Kier molecular flexibility index (Phi) is 67.1. The van der Waals surface area contributed by atoms with Crippen LogP contribution >= 0.6 is 15.6 Å². The molecule has 0 aromatic rings. The third kappa shape index (κ3) is 70.9. The molecule has 6 atom stereocenters. The van der Waals surface area contributed by atoms with Gasteiger partial charge in [0.15, 0.2) is 12.2 Å². The van der Waals surface area contributed by atoms with Crippen LogP contribution in [0.3, 0.4) is 0 Å². The molecule has 17 nitrogen and oxygen atoms in total. The summed E-state index contributed by atoms with van der Waals surface area (Å²) in [6, 6.07) is 0. The lowest BCUT2D eigenvalue weighted by Crippen LogP contribution is -2.30. The molecule has 0 saturated carbocycles. The second-order valence-corrected chi connectivity index (χ2v) is 32.2. The van der Waals surface area contributed by atoms with Crippen LogP contribution in [0.15, 0.2) is 0 Å². The molecule has 3 unspecified atom stereocenters. The van der Waals surface area contributed by atoms with E-state index in [1.807, 2.05) is 0 Å². The second-order valence-electron chi connectivity index (χ2n) is 29.3. The average Bonchev–Trinajstić information content (AvgIpc) is 2.07. The highest BCUT2D eigenvalue weighted by atomic mass is 31.2. The van der Waals surface area contributed by atoms with Crippen LogP contribution in [-0.2, 0) is 65.4 Å². The number of phosphoric ester groups is 2. The first-order chi connectivity index (χ1) is 46.8. The fraction of sp³-hybridized carbons (Fsp3) is 0.949. The molecule has 0 amide bonds. The lowest BCUT2D eigenvalue weighted by molar-refractivity contribution is -0.161. The van der Waals surface area contributed by atoms with Crippen molar-refractivity contribution in [2.75, 3.05) is 39.6 Å². The van der Waals surface area contributed by atoms with Crippen LogP contribution in [0.2, 0.25) is 0 Å². The van der Waals surface area contributed by atoms with Crippen molar-refractivity contribution in [1.82, 2.24) is 0 Å². The summed E-state index contributed by atoms with van der Waals surface area (Å²) in [7, 11) is -9.91. The summed E-state index contributed by atoms with van der Waals surface area (Å²) in [4.78, 5) is 72.8. The Morgan fingerprint density at radius 1 is 0.299 bits per heavy atom. The Morgan fingerprint density at radius 2 is 0.526 bits per heavy atom. The second kappa shape index (κ2) is 68.5. The van der Waals surface area contributed by atoms with Crippen molar-refractivity contribution in [2.24, 2.45) is 17.8 Å². The van der Waals surface area contributed by atoms with Crippen molar-refractivity contribution in [3.63, 3.8) is 0 Å². The van der Waals surface area contributed by atoms with E-state index < -0.39 is 97.5 Å². The molecule has 0 radical (unpaired) electrons. The topological polar surface area (TPSA) is 237 Å². The molecule has 3 N–H and O–H groups in total. The van der Waals surface area contributed by atoms with Gasteiger partial charge in [0, 0.05) is 25.7 Å². The lowest BCUT2D eigenvalue weighted by Gasteiger charge is -2.21. The van der Waals surface area contributed by atoms with Crippen LogP contribution < -0.4 is 0 Å². The first-order valence-electron chi connectivity index (χ1n) is 40.4. The van der Waals surface area contributed by atoms with Crippen LogP contribution in [0.4, 0.5) is 0 Å². The molecule has 0 aliphatic carbocycles. The quantitative estimate of drug-likeness (QED) is 0.0222. The number of rotatable bonds is 76. The zero-order valence-corrected chi connectivity index (χ0v) is 65.3. The predicted octanol–water partition coefficient (Wildman–Crippen LogP) is 23.0. The van der Waals surface area contributed by atoms with E-state index in [0.29, 0.717) is 25.7 Å². The fourth-order valence-electron chi connectivity index (χ4n) is 11.9. The summed E-state index contributed by atoms with van der Waals surface area (Å²) in [6.45, 7) is 11.9. The maximum absolute atomic E-state index is 13.1. The highest BCUT2D eigenvalue weighted by Crippen LogP contribution is 2.45. The molecule has 0 aromatic heterocycles. The minimum atomic E-state index is -4.96. The van der Waals surface area contributed by atoms with Crippen LogP contribution in [0, 0.1) is 17.8 Å². The monoisotopic (exact) mass is 1420 g/mol. The molecule has 0 rings (SSSR count). The summed E-state index contributed by atoms with van der Waals surface area (Å²) in [5, 5.41) is 10.6. The van der Waals surface area contributed by atoms with Crippen LogP contribution in [0.1, 0.15) is 402 Å². The number of hydrogen-bond acceptors (Lipinski definition) is 15. The van der Waals surface area contributed by atoms with E-state index in [2.05, 4.69) is 48.5 Å². The first-order valence-corrected chi connectivity index (χ1v) is 43.4. The molecule has 0 saturated heterocycles. The largest absolute Gasteiger partial charge is 0.472 e. The van der Waals surface area contributed by atoms with Crippen LogP contribution in [0.25, 0.3) is 0 Å². The van der Waals surface area contributed by atoms with Gasteiger partial charge in [0.1, 0.15) is 19.3 Å². The molecule has 0 bridgehead atoms. The van der Waals surface area contributed by atoms with Gasteiger partial charge in [-0.2, -0.15) is 0 Å². The van der Waals surface area contributed by atoms with Gasteiger partial charge >= 0.3 is 39.5 Å². The van der Waals surface area contributed by atoms with E-state index in [0.717, 1.165) is 114 Å². The van der Waals surface area contributed by atoms with Crippen molar-refractivity contribution >= 4 is 39.5 Å². The van der Waals surface area contributed by atoms with Crippen molar-refractivity contribution in [1.29, 1.82) is 0 Å². The smallest absolute Gasteiger partial charge is 0.462 e. The molecule has 0 aromatic carbocycles. The summed E-state index contributed by atoms with van der Waals surface area (Å²) in [6.07, 6.45) is 55.5. The number of phosphoric acid groups is 2. The summed E-state index contributed by atoms with van der Waals surface area (Å²) in [5.41, 5.74) is 0. The normalized spacial score (nSPS) is 14.3. The van der Waals surface area contributed by atoms with E-state index in [-0.39, 0.29) is 25.7 Å². The minimum Gasteiger partial charge on any atom is -0.462 e. The number of esters is 4. The van der Waals surface area contributed by atoms with E-state index >= 15 is 0 Å². The number of carbonyl (C=O) groups excluding carboxylic acids is 4. The van der Waals surface area contributed by atoms with Gasteiger partial charge in [-0.3, -0.25) is 37.3 Å². The van der Waals surface area contributed by atoms with Gasteiger partial charge < -0.3 is 33.8 Å². The molecule has 19 heteroatoms. The molecule has 0 fully saturated rings. The number of aliphatic hydroxyl groups is 1. The van der Waals surface area contributed by atoms with Crippen LogP contribution in [0.5, 0.6) is 0 Å². The zero-order chi connectivity index (χ0) is 71.6. The van der Waals surface area contributed by atoms with Gasteiger partial charge in [-0.25, -0.2) is 9.13 Å². The Balaban J connectivity index is 5.21. The van der Waals surface area contributed by atoms with Crippen molar-refractivity contribution in [3.8, 4) is 0 Å². The molecule has 0 aliphatic heterocycles. The number of hydrogen-bond donors (Lipinski definition) is 3. The standard InChI is InChI=1S/C78H152O17P2/c1-8-10-11-12-13-38-45-52-59-75(80)88-65-73(95-78(83)62-55-48-41-34-28-30-36-43-50-57-70(5)6)67-92-96(84,85)90-63-72(79)64-91-97(86,87)93-68-74(66-89-76(81)60-53-46-39-32-26-22-19-18-21-25-31-37-44-51-58-71(7)9-2)94-77(82)61-54-47-40-33-27-23-17-15-14-16-20-24-29-35-42-49-56-69(3)4/h69-74,79H,8-68H2,1-7H3,(H,84,85)(H,86,87)/t71?,72-,73+,74+/m0/s1. The Hall–Kier alpha value is -1.94. The van der Waals surface area contributed by atoms with E-state index in [4.69, 9.17) is 37.0 Å². The zero-order valence-electron chi connectivity index (χ0n) is 63.5. The fourth-order valence-corrected chi connectivity index (χ4v) is 13.5. The highest BCUT2D eigenvalue weighted by Gasteiger charge is 2.30. The minimum absolute atomic E-state index is 0.105. The maximum atomic E-state index is 13.1. The van der Waals surface area contributed by atoms with Crippen LogP contribution in [-0.4, -0.2) is 96.7 Å². The van der Waals surface area contributed by atoms with Gasteiger partial charge in [0.25, 0.3) is 0 Å². The maximum Gasteiger partial charge on any atom is 0.472 e. The Bertz CT molecular complexity index is 1890. The number of ether oxygens (including phenoxy) is 4. The molecular formula is C78H152O17P2. The summed E-state index contributed by atoms with van der Waals surface area (Å²) >= 11 is 0. The average molecular weight is 1420 g/mol. The number of carbonyl (C=O) groups is 4. The third-order valence-corrected chi connectivity index (χ3v) is 20.4. The van der Waals surface area contributed by atoms with Crippen molar-refractivity contribution in [3.05, 3.63) is 0 Å². The third-order valence-electron chi connectivity index (χ3n) is 18.5. The molecule has 97 heavy (non-hydrogen) atoms.